The summed E-state index contributed by atoms with van der Waals surface area (Å²) in [7, 11) is 0. The Bertz CT molecular complexity index is 435. The van der Waals surface area contributed by atoms with Crippen LogP contribution < -0.4 is 9.64 Å². The molecule has 2 rings (SSSR count). The number of piperidine rings is 1. The Balaban J connectivity index is 1.84. The van der Waals surface area contributed by atoms with Crippen LogP contribution in [0.25, 0.3) is 0 Å². The molecule has 1 aliphatic heterocycles. The molecular formula is C21H36NO+. The summed E-state index contributed by atoms with van der Waals surface area (Å²) < 4.78 is 6.27. The number of quaternary nitrogens is 1. The van der Waals surface area contributed by atoms with Gasteiger partial charge in [0.1, 0.15) is 5.75 Å². The summed E-state index contributed by atoms with van der Waals surface area (Å²) in [6.45, 7) is 14.0. The molecular weight excluding hydrogens is 282 g/mol. The molecule has 0 aliphatic carbocycles. The van der Waals surface area contributed by atoms with Crippen LogP contribution in [0.4, 0.5) is 0 Å². The summed E-state index contributed by atoms with van der Waals surface area (Å²) in [6.07, 6.45) is 6.75. The van der Waals surface area contributed by atoms with Gasteiger partial charge in [-0.15, -0.1) is 0 Å². The zero-order chi connectivity index (χ0) is 16.7. The van der Waals surface area contributed by atoms with Crippen LogP contribution in [0.3, 0.4) is 0 Å². The van der Waals surface area contributed by atoms with E-state index in [1.807, 2.05) is 4.90 Å². The minimum atomic E-state index is 0.515. The summed E-state index contributed by atoms with van der Waals surface area (Å²) in [5, 5.41) is 0. The molecule has 1 saturated heterocycles. The Hall–Kier alpha value is -1.02. The maximum Gasteiger partial charge on any atom is 0.126 e. The Morgan fingerprint density at radius 2 is 1.52 bits per heavy atom. The number of hydrogen-bond acceptors (Lipinski definition) is 1. The van der Waals surface area contributed by atoms with E-state index in [1.165, 1.54) is 62.9 Å². The molecule has 1 N–H and O–H groups in total. The highest BCUT2D eigenvalue weighted by Gasteiger charge is 2.15. The second-order valence-electron chi connectivity index (χ2n) is 7.69. The van der Waals surface area contributed by atoms with Crippen molar-refractivity contribution in [1.29, 1.82) is 0 Å². The Kier molecular flexibility index (Phi) is 7.42. The van der Waals surface area contributed by atoms with Gasteiger partial charge in [0, 0.05) is 0 Å². The van der Waals surface area contributed by atoms with Gasteiger partial charge in [-0.3, -0.25) is 0 Å². The average Bonchev–Trinajstić information content (AvgIpc) is 2.55. The first-order chi connectivity index (χ1) is 11.1. The number of benzene rings is 1. The van der Waals surface area contributed by atoms with E-state index < -0.39 is 0 Å². The molecule has 0 radical (unpaired) electrons. The molecule has 23 heavy (non-hydrogen) atoms. The minimum Gasteiger partial charge on any atom is -0.493 e. The largest absolute Gasteiger partial charge is 0.493 e. The van der Waals surface area contributed by atoms with Crippen LogP contribution in [-0.2, 0) is 0 Å². The van der Waals surface area contributed by atoms with Crippen LogP contribution in [0.5, 0.6) is 5.75 Å². The highest BCUT2D eigenvalue weighted by atomic mass is 16.5. The fraction of sp³-hybridized carbons (Fsp3) is 0.714. The highest BCUT2D eigenvalue weighted by molar-refractivity contribution is 5.44. The summed E-state index contributed by atoms with van der Waals surface area (Å²) in [6, 6.07) is 6.63. The van der Waals surface area contributed by atoms with Crippen molar-refractivity contribution in [3.05, 3.63) is 29.3 Å². The smallest absolute Gasteiger partial charge is 0.126 e. The van der Waals surface area contributed by atoms with Gasteiger partial charge in [-0.05, 0) is 55.1 Å². The average molecular weight is 319 g/mol. The zero-order valence-electron chi connectivity index (χ0n) is 15.7. The molecule has 0 bridgehead atoms. The van der Waals surface area contributed by atoms with E-state index in [-0.39, 0.29) is 0 Å². The Labute approximate surface area is 143 Å². The lowest BCUT2D eigenvalue weighted by molar-refractivity contribution is -0.905. The summed E-state index contributed by atoms with van der Waals surface area (Å²) >= 11 is 0. The quantitative estimate of drug-likeness (QED) is 0.711. The van der Waals surface area contributed by atoms with Crippen molar-refractivity contribution >= 4 is 0 Å². The monoisotopic (exact) mass is 318 g/mol. The molecule has 1 fully saturated rings. The standard InChI is InChI=1S/C21H35NO/c1-17(2)19-11-10-12-20(18(3)4)21(19)23-16-9-8-15-22-13-6-5-7-14-22/h10-12,17-18H,5-9,13-16H2,1-4H3/p+1. The second kappa shape index (κ2) is 9.32. The van der Waals surface area contributed by atoms with Crippen molar-refractivity contribution in [2.45, 2.75) is 71.6 Å². The summed E-state index contributed by atoms with van der Waals surface area (Å²) in [4.78, 5) is 1.81. The van der Waals surface area contributed by atoms with Crippen LogP contribution in [0.15, 0.2) is 18.2 Å². The van der Waals surface area contributed by atoms with Crippen LogP contribution in [0.1, 0.15) is 82.8 Å². The molecule has 130 valence electrons. The third-order valence-corrected chi connectivity index (χ3v) is 5.05. The Morgan fingerprint density at radius 1 is 0.913 bits per heavy atom. The van der Waals surface area contributed by atoms with E-state index in [0.717, 1.165) is 12.4 Å². The van der Waals surface area contributed by atoms with Gasteiger partial charge in [0.25, 0.3) is 0 Å². The van der Waals surface area contributed by atoms with Gasteiger partial charge >= 0.3 is 0 Å². The maximum atomic E-state index is 6.27. The number of ether oxygens (including phenoxy) is 1. The van der Waals surface area contributed by atoms with Crippen LogP contribution >= 0.6 is 0 Å². The first kappa shape index (κ1) is 18.3. The van der Waals surface area contributed by atoms with Crippen molar-refractivity contribution < 1.29 is 9.64 Å². The molecule has 0 aromatic heterocycles. The Morgan fingerprint density at radius 3 is 2.09 bits per heavy atom. The topological polar surface area (TPSA) is 13.7 Å². The number of hydrogen-bond donors (Lipinski definition) is 1. The minimum absolute atomic E-state index is 0.515. The lowest BCUT2D eigenvalue weighted by Gasteiger charge is -2.23. The zero-order valence-corrected chi connectivity index (χ0v) is 15.7. The van der Waals surface area contributed by atoms with Gasteiger partial charge in [0.05, 0.1) is 26.2 Å². The first-order valence-corrected chi connectivity index (χ1v) is 9.68. The van der Waals surface area contributed by atoms with Crippen molar-refractivity contribution in [2.75, 3.05) is 26.2 Å². The van der Waals surface area contributed by atoms with Crippen molar-refractivity contribution in [1.82, 2.24) is 0 Å². The lowest BCUT2D eigenvalue weighted by Crippen LogP contribution is -3.12. The van der Waals surface area contributed by atoms with Crippen LogP contribution in [-0.4, -0.2) is 26.2 Å². The molecule has 0 unspecified atom stereocenters. The van der Waals surface area contributed by atoms with Crippen LogP contribution in [0.2, 0.25) is 0 Å². The molecule has 1 aromatic rings. The fourth-order valence-corrected chi connectivity index (χ4v) is 3.60. The first-order valence-electron chi connectivity index (χ1n) is 9.68. The highest BCUT2D eigenvalue weighted by Crippen LogP contribution is 2.34. The van der Waals surface area contributed by atoms with Crippen molar-refractivity contribution in [3.8, 4) is 5.75 Å². The molecule has 0 amide bonds. The van der Waals surface area contributed by atoms with E-state index in [4.69, 9.17) is 4.74 Å². The molecule has 0 saturated carbocycles. The number of para-hydroxylation sites is 1. The van der Waals surface area contributed by atoms with E-state index in [0.29, 0.717) is 11.8 Å². The summed E-state index contributed by atoms with van der Waals surface area (Å²) in [5.74, 6) is 2.19. The normalized spacial score (nSPS) is 16.3. The molecule has 1 aromatic carbocycles. The number of nitrogens with one attached hydrogen (secondary N) is 1. The van der Waals surface area contributed by atoms with Gasteiger partial charge in [-0.2, -0.15) is 0 Å². The third-order valence-electron chi connectivity index (χ3n) is 5.05. The van der Waals surface area contributed by atoms with E-state index in [9.17, 15) is 0 Å². The van der Waals surface area contributed by atoms with Crippen molar-refractivity contribution in [3.63, 3.8) is 0 Å². The molecule has 1 heterocycles. The number of rotatable bonds is 8. The molecule has 1 aliphatic rings. The van der Waals surface area contributed by atoms with Gasteiger partial charge in [-0.1, -0.05) is 45.9 Å². The number of unbranched alkanes of at least 4 members (excludes halogenated alkanes) is 1. The molecule has 0 spiro atoms. The molecule has 0 atom stereocenters. The molecule has 2 nitrogen and oxygen atoms in total. The fourth-order valence-electron chi connectivity index (χ4n) is 3.60. The van der Waals surface area contributed by atoms with E-state index in [1.54, 1.807) is 0 Å². The van der Waals surface area contributed by atoms with Crippen molar-refractivity contribution in [2.24, 2.45) is 0 Å². The summed E-state index contributed by atoms with van der Waals surface area (Å²) in [5.41, 5.74) is 2.72. The maximum absolute atomic E-state index is 6.27. The van der Waals surface area contributed by atoms with E-state index >= 15 is 0 Å². The third kappa shape index (κ3) is 5.53. The predicted octanol–water partition coefficient (Wildman–Crippen LogP) is 4.16. The van der Waals surface area contributed by atoms with Gasteiger partial charge in [0.15, 0.2) is 0 Å². The van der Waals surface area contributed by atoms with E-state index in [2.05, 4.69) is 45.9 Å². The predicted molar refractivity (Wildman–Crippen MR) is 98.8 cm³/mol. The molecule has 2 heteroatoms. The van der Waals surface area contributed by atoms with Gasteiger partial charge < -0.3 is 9.64 Å². The van der Waals surface area contributed by atoms with Gasteiger partial charge in [0.2, 0.25) is 0 Å². The van der Waals surface area contributed by atoms with Gasteiger partial charge in [-0.25, -0.2) is 0 Å². The second-order valence-corrected chi connectivity index (χ2v) is 7.69. The SMILES string of the molecule is CC(C)c1cccc(C(C)C)c1OCCCC[NH+]1CCCCC1. The van der Waals surface area contributed by atoms with Crippen LogP contribution in [0, 0.1) is 0 Å². The lowest BCUT2D eigenvalue weighted by atomic mass is 9.94. The number of likely N-dealkylation sites (tertiary alicyclic amines) is 1.